The Morgan fingerprint density at radius 2 is 0.910 bits per heavy atom. The number of benzene rings is 2. The van der Waals surface area contributed by atoms with Gasteiger partial charge < -0.3 is 0 Å². The van der Waals surface area contributed by atoms with Gasteiger partial charge in [-0.25, -0.2) is 0 Å². The molecule has 0 saturated carbocycles. The molecule has 4 aromatic rings. The lowest BCUT2D eigenvalue weighted by atomic mass is 9.70. The molecule has 3 aliphatic rings. The number of nitriles is 2. The van der Waals surface area contributed by atoms with Gasteiger partial charge in [0.2, 0.25) is 0 Å². The lowest BCUT2D eigenvalue weighted by Gasteiger charge is -2.33. The SMILES string of the molecule is CCCCCCCCC1(CCCCCCCC)c2cc(-c3ccc(/C=C4\C(=O)N(CC)C(=O)C(C#N)=C4C)s3)ccc2-c2ccc(-c3ccc(/C=C4\C(=O)N(CC)C(=O)C(C#N)=C4C)s3)cc21. The normalized spacial score (nSPS) is 17.0. The van der Waals surface area contributed by atoms with Crippen molar-refractivity contribution in [1.29, 1.82) is 10.5 Å². The second-order valence-electron chi connectivity index (χ2n) is 18.1. The summed E-state index contributed by atoms with van der Waals surface area (Å²) in [6, 6.07) is 26.3. The third-order valence-electron chi connectivity index (χ3n) is 14.0. The summed E-state index contributed by atoms with van der Waals surface area (Å²) in [7, 11) is 0. The summed E-state index contributed by atoms with van der Waals surface area (Å²) in [6.07, 6.45) is 20.3. The maximum atomic E-state index is 13.5. The van der Waals surface area contributed by atoms with Crippen molar-refractivity contribution < 1.29 is 19.2 Å². The van der Waals surface area contributed by atoms with E-state index >= 15 is 0 Å². The second kappa shape index (κ2) is 21.8. The van der Waals surface area contributed by atoms with Crippen LogP contribution >= 0.6 is 22.7 Å². The number of fused-ring (bicyclic) bond motifs is 3. The summed E-state index contributed by atoms with van der Waals surface area (Å²) in [6.45, 7) is 11.8. The van der Waals surface area contributed by atoms with Gasteiger partial charge in [0.25, 0.3) is 23.6 Å². The highest BCUT2D eigenvalue weighted by atomic mass is 32.1. The molecule has 2 aromatic carbocycles. The number of amides is 4. The molecule has 8 nitrogen and oxygen atoms in total. The molecule has 0 unspecified atom stereocenters. The molecule has 2 aliphatic heterocycles. The average molecular weight is 931 g/mol. The number of nitrogens with zero attached hydrogens (tertiary/aromatic N) is 4. The van der Waals surface area contributed by atoms with Crippen molar-refractivity contribution >= 4 is 58.5 Å². The Hall–Kier alpha value is -5.94. The third kappa shape index (κ3) is 9.76. The fourth-order valence-electron chi connectivity index (χ4n) is 10.2. The topological polar surface area (TPSA) is 122 Å². The van der Waals surface area contributed by atoms with Crippen LogP contribution in [-0.4, -0.2) is 46.5 Å². The van der Waals surface area contributed by atoms with Crippen molar-refractivity contribution in [1.82, 2.24) is 9.80 Å². The van der Waals surface area contributed by atoms with Gasteiger partial charge in [-0.2, -0.15) is 10.5 Å². The number of hydrogen-bond acceptors (Lipinski definition) is 8. The van der Waals surface area contributed by atoms with Crippen LogP contribution in [0.25, 0.3) is 44.2 Å². The average Bonchev–Trinajstić information content (AvgIpc) is 4.07. The number of thiophene rings is 2. The highest BCUT2D eigenvalue weighted by Crippen LogP contribution is 2.56. The standard InChI is InChI=1S/C57H62N4O4S2/c1-7-11-13-15-17-19-29-57(30-20-18-16-14-12-8-2)49-31-39(51-27-23-41(66-51)33-45-37(5)47(35-58)55(64)60(9-3)53(45)62)21-25-43(49)44-26-22-40(32-50(44)57)52-28-24-42(67-52)34-46-38(6)48(36-59)56(65)61(10-4)54(46)63/h21-28,31-34H,7-20,29-30H2,1-6H3/b45-33-,46-34-. The molecule has 346 valence electrons. The molecule has 0 fully saturated rings. The molecule has 10 heteroatoms. The summed E-state index contributed by atoms with van der Waals surface area (Å²) in [5, 5.41) is 19.6. The second-order valence-corrected chi connectivity index (χ2v) is 20.3. The summed E-state index contributed by atoms with van der Waals surface area (Å²) < 4.78 is 0. The van der Waals surface area contributed by atoms with Gasteiger partial charge >= 0.3 is 0 Å². The first-order valence-corrected chi connectivity index (χ1v) is 26.0. The van der Waals surface area contributed by atoms with E-state index in [4.69, 9.17) is 0 Å². The maximum Gasteiger partial charge on any atom is 0.271 e. The minimum Gasteiger partial charge on any atom is -0.274 e. The van der Waals surface area contributed by atoms with Crippen molar-refractivity contribution in [3.63, 3.8) is 0 Å². The molecule has 2 aromatic heterocycles. The Morgan fingerprint density at radius 3 is 1.28 bits per heavy atom. The van der Waals surface area contributed by atoms with E-state index in [-0.39, 0.29) is 41.5 Å². The van der Waals surface area contributed by atoms with Gasteiger partial charge in [0.1, 0.15) is 23.3 Å². The fourth-order valence-corrected chi connectivity index (χ4v) is 12.1. The molecule has 7 rings (SSSR count). The van der Waals surface area contributed by atoms with Gasteiger partial charge in [-0.3, -0.25) is 29.0 Å². The fraction of sp³-hybridized carbons (Fsp3) is 0.404. The van der Waals surface area contributed by atoms with E-state index in [1.54, 1.807) is 50.4 Å². The Kier molecular flexibility index (Phi) is 15.9. The van der Waals surface area contributed by atoms with Crippen LogP contribution in [0.2, 0.25) is 0 Å². The zero-order valence-corrected chi connectivity index (χ0v) is 41.6. The molecule has 4 amide bonds. The zero-order chi connectivity index (χ0) is 47.8. The summed E-state index contributed by atoms with van der Waals surface area (Å²) in [5.74, 6) is -1.82. The lowest BCUT2D eigenvalue weighted by molar-refractivity contribution is -0.141. The quantitative estimate of drug-likeness (QED) is 0.0494. The van der Waals surface area contributed by atoms with E-state index in [1.807, 2.05) is 36.4 Å². The molecule has 0 atom stereocenters. The summed E-state index contributed by atoms with van der Waals surface area (Å²) >= 11 is 3.21. The van der Waals surface area contributed by atoms with Crippen molar-refractivity contribution in [2.75, 3.05) is 13.1 Å². The first kappa shape index (κ1) is 49.0. The van der Waals surface area contributed by atoms with Crippen LogP contribution < -0.4 is 0 Å². The van der Waals surface area contributed by atoms with Gasteiger partial charge in [-0.05, 0) is 134 Å². The van der Waals surface area contributed by atoms with Gasteiger partial charge in [0, 0.05) is 49.2 Å². The van der Waals surface area contributed by atoms with Crippen LogP contribution in [0.1, 0.15) is 152 Å². The molecule has 0 N–H and O–H groups in total. The zero-order valence-electron chi connectivity index (χ0n) is 40.0. The Bertz CT molecular complexity index is 2610. The van der Waals surface area contributed by atoms with Crippen LogP contribution in [0.5, 0.6) is 0 Å². The van der Waals surface area contributed by atoms with Crippen molar-refractivity contribution in [2.45, 2.75) is 137 Å². The molecular formula is C57H62N4O4S2. The smallest absolute Gasteiger partial charge is 0.271 e. The lowest BCUT2D eigenvalue weighted by Crippen LogP contribution is -2.42. The Morgan fingerprint density at radius 1 is 0.522 bits per heavy atom. The Labute approximate surface area is 405 Å². The number of likely N-dealkylation sites (N-methyl/N-ethyl adjacent to an activating group) is 2. The number of hydrogen-bond donors (Lipinski definition) is 0. The highest BCUT2D eigenvalue weighted by molar-refractivity contribution is 7.16. The third-order valence-corrected chi connectivity index (χ3v) is 16.1. The van der Waals surface area contributed by atoms with E-state index in [0.717, 1.165) is 66.1 Å². The highest BCUT2D eigenvalue weighted by Gasteiger charge is 2.43. The van der Waals surface area contributed by atoms with E-state index in [1.165, 1.54) is 86.5 Å². The van der Waals surface area contributed by atoms with Crippen LogP contribution in [0.15, 0.2) is 94.1 Å². The molecule has 0 radical (unpaired) electrons. The number of imide groups is 2. The van der Waals surface area contributed by atoms with Crippen molar-refractivity contribution in [3.05, 3.63) is 115 Å². The molecule has 1 aliphatic carbocycles. The number of rotatable bonds is 20. The van der Waals surface area contributed by atoms with E-state index in [9.17, 15) is 29.7 Å². The van der Waals surface area contributed by atoms with Gasteiger partial charge in [0.15, 0.2) is 0 Å². The Balaban J connectivity index is 1.29. The van der Waals surface area contributed by atoms with Gasteiger partial charge in [0.05, 0.1) is 0 Å². The first-order chi connectivity index (χ1) is 32.5. The number of carbonyl (C=O) groups excluding carboxylic acids is 4. The van der Waals surface area contributed by atoms with Crippen LogP contribution in [-0.2, 0) is 24.6 Å². The molecule has 0 saturated heterocycles. The van der Waals surface area contributed by atoms with E-state index in [0.29, 0.717) is 22.3 Å². The number of unbranched alkanes of at least 4 members (excludes halogenated alkanes) is 10. The maximum absolute atomic E-state index is 13.5. The summed E-state index contributed by atoms with van der Waals surface area (Å²) in [4.78, 5) is 58.9. The summed E-state index contributed by atoms with van der Waals surface area (Å²) in [5.41, 5.74) is 8.97. The molecular weight excluding hydrogens is 869 g/mol. The minimum absolute atomic E-state index is 0.00973. The molecule has 0 bridgehead atoms. The first-order valence-electron chi connectivity index (χ1n) is 24.3. The van der Waals surface area contributed by atoms with E-state index < -0.39 is 11.8 Å². The van der Waals surface area contributed by atoms with E-state index in [2.05, 4.69) is 62.4 Å². The monoisotopic (exact) mass is 930 g/mol. The molecule has 0 spiro atoms. The van der Waals surface area contributed by atoms with Gasteiger partial charge in [-0.15, -0.1) is 22.7 Å². The molecule has 4 heterocycles. The van der Waals surface area contributed by atoms with Crippen LogP contribution in [0.4, 0.5) is 0 Å². The van der Waals surface area contributed by atoms with Crippen molar-refractivity contribution in [3.8, 4) is 44.1 Å². The predicted octanol–water partition coefficient (Wildman–Crippen LogP) is 14.1. The minimum atomic E-state index is -0.537. The van der Waals surface area contributed by atoms with Crippen LogP contribution in [0, 0.1) is 22.7 Å². The number of carbonyl (C=O) groups is 4. The van der Waals surface area contributed by atoms with Gasteiger partial charge in [-0.1, -0.05) is 115 Å². The van der Waals surface area contributed by atoms with Crippen LogP contribution in [0.3, 0.4) is 0 Å². The van der Waals surface area contributed by atoms with Crippen molar-refractivity contribution in [2.24, 2.45) is 0 Å². The predicted molar refractivity (Wildman–Crippen MR) is 273 cm³/mol. The molecule has 67 heavy (non-hydrogen) atoms. The largest absolute Gasteiger partial charge is 0.274 e.